The Morgan fingerprint density at radius 1 is 1.17 bits per heavy atom. The van der Waals surface area contributed by atoms with E-state index in [-0.39, 0.29) is 24.8 Å². The molecule has 0 aliphatic carbocycles. The Balaban J connectivity index is 1.63. The van der Waals surface area contributed by atoms with Gasteiger partial charge in [-0.3, -0.25) is 4.79 Å². The van der Waals surface area contributed by atoms with Crippen LogP contribution in [-0.2, 0) is 14.6 Å². The Kier molecular flexibility index (Phi) is 5.20. The second kappa shape index (κ2) is 7.36. The fourth-order valence-electron chi connectivity index (χ4n) is 2.74. The fraction of sp³-hybridized carbons (Fsp3) is 0.353. The summed E-state index contributed by atoms with van der Waals surface area (Å²) in [6, 6.07) is 12.8. The topological polar surface area (TPSA) is 63.7 Å². The smallest absolute Gasteiger partial charge is 0.260 e. The standard InChI is InChI=1S/C17H19NO4S2/c19-17(13-22-14-5-2-1-3-6-14)18-9-8-16(15-7-4-11-23-15)24(20,21)12-10-18/h1-7,11,16H,8-10,12-13H2. The molecule has 1 saturated heterocycles. The van der Waals surface area contributed by atoms with Crippen LogP contribution >= 0.6 is 11.3 Å². The maximum atomic E-state index is 12.5. The first-order chi connectivity index (χ1) is 11.6. The molecule has 0 spiro atoms. The minimum atomic E-state index is -3.24. The van der Waals surface area contributed by atoms with Crippen molar-refractivity contribution in [1.29, 1.82) is 0 Å². The number of sulfone groups is 1. The van der Waals surface area contributed by atoms with Gasteiger partial charge in [0.2, 0.25) is 0 Å². The van der Waals surface area contributed by atoms with Crippen LogP contribution in [0.3, 0.4) is 0 Å². The summed E-state index contributed by atoms with van der Waals surface area (Å²) < 4.78 is 30.4. The Morgan fingerprint density at radius 2 is 1.96 bits per heavy atom. The van der Waals surface area contributed by atoms with Crippen molar-refractivity contribution < 1.29 is 17.9 Å². The molecule has 0 bridgehead atoms. The molecule has 128 valence electrons. The van der Waals surface area contributed by atoms with E-state index in [4.69, 9.17) is 4.74 Å². The van der Waals surface area contributed by atoms with Crippen molar-refractivity contribution >= 4 is 27.1 Å². The molecule has 1 aliphatic rings. The lowest BCUT2D eigenvalue weighted by Gasteiger charge is -2.20. The number of carbonyl (C=O) groups is 1. The number of hydrogen-bond donors (Lipinski definition) is 0. The number of carbonyl (C=O) groups excluding carboxylic acids is 1. The van der Waals surface area contributed by atoms with E-state index in [0.717, 1.165) is 4.88 Å². The van der Waals surface area contributed by atoms with Crippen LogP contribution in [0.4, 0.5) is 0 Å². The summed E-state index contributed by atoms with van der Waals surface area (Å²) in [5.74, 6) is 0.442. The van der Waals surface area contributed by atoms with Crippen LogP contribution in [0.25, 0.3) is 0 Å². The van der Waals surface area contributed by atoms with Gasteiger partial charge in [-0.1, -0.05) is 24.3 Å². The van der Waals surface area contributed by atoms with Gasteiger partial charge in [0, 0.05) is 18.0 Å². The van der Waals surface area contributed by atoms with Gasteiger partial charge in [-0.2, -0.15) is 0 Å². The third-order valence-corrected chi connectivity index (χ3v) is 7.30. The van der Waals surface area contributed by atoms with E-state index in [2.05, 4.69) is 0 Å². The van der Waals surface area contributed by atoms with Crippen molar-refractivity contribution in [1.82, 2.24) is 4.90 Å². The third-order valence-electron chi connectivity index (χ3n) is 4.06. The van der Waals surface area contributed by atoms with E-state index >= 15 is 0 Å². The van der Waals surface area contributed by atoms with Crippen molar-refractivity contribution in [2.24, 2.45) is 0 Å². The van der Waals surface area contributed by atoms with E-state index in [0.29, 0.717) is 18.7 Å². The molecule has 1 atom stereocenters. The Labute approximate surface area is 145 Å². The number of hydrogen-bond acceptors (Lipinski definition) is 5. The summed E-state index contributed by atoms with van der Waals surface area (Å²) in [5.41, 5.74) is 0. The first kappa shape index (κ1) is 17.0. The monoisotopic (exact) mass is 365 g/mol. The molecule has 3 rings (SSSR count). The molecule has 1 aromatic carbocycles. The zero-order valence-corrected chi connectivity index (χ0v) is 14.8. The fourth-order valence-corrected chi connectivity index (χ4v) is 5.74. The molecule has 1 amide bonds. The average Bonchev–Trinajstić information content (AvgIpc) is 3.05. The van der Waals surface area contributed by atoms with E-state index in [1.807, 2.05) is 35.7 Å². The molecule has 0 saturated carbocycles. The number of para-hydroxylation sites is 1. The van der Waals surface area contributed by atoms with Crippen LogP contribution in [0.1, 0.15) is 16.5 Å². The first-order valence-corrected chi connectivity index (χ1v) is 10.4. The highest BCUT2D eigenvalue weighted by Crippen LogP contribution is 2.32. The van der Waals surface area contributed by atoms with E-state index < -0.39 is 15.1 Å². The highest BCUT2D eigenvalue weighted by molar-refractivity contribution is 7.91. The van der Waals surface area contributed by atoms with Crippen LogP contribution in [0, 0.1) is 0 Å². The molecule has 2 aromatic rings. The van der Waals surface area contributed by atoms with E-state index in [1.54, 1.807) is 17.0 Å². The van der Waals surface area contributed by atoms with Crippen LogP contribution in [0.15, 0.2) is 47.8 Å². The van der Waals surface area contributed by atoms with Gasteiger partial charge in [0.25, 0.3) is 5.91 Å². The predicted molar refractivity (Wildman–Crippen MR) is 94.0 cm³/mol. The lowest BCUT2D eigenvalue weighted by atomic mass is 10.2. The number of rotatable bonds is 4. The molecule has 1 aromatic heterocycles. The minimum absolute atomic E-state index is 0.00730. The molecule has 24 heavy (non-hydrogen) atoms. The SMILES string of the molecule is O=C(COc1ccccc1)N1CCC(c2cccs2)S(=O)(=O)CC1. The Bertz CT molecular complexity index is 772. The quantitative estimate of drug-likeness (QED) is 0.835. The molecule has 1 aliphatic heterocycles. The lowest BCUT2D eigenvalue weighted by molar-refractivity contribution is -0.133. The van der Waals surface area contributed by atoms with Gasteiger partial charge >= 0.3 is 0 Å². The molecule has 1 unspecified atom stereocenters. The molecular weight excluding hydrogens is 346 g/mol. The van der Waals surface area contributed by atoms with Gasteiger partial charge in [-0.05, 0) is 30.0 Å². The summed E-state index contributed by atoms with van der Waals surface area (Å²) in [4.78, 5) is 14.8. The van der Waals surface area contributed by atoms with E-state index in [1.165, 1.54) is 11.3 Å². The summed E-state index contributed by atoms with van der Waals surface area (Å²) in [6.07, 6.45) is 0.430. The van der Waals surface area contributed by atoms with Crippen LogP contribution in [-0.4, -0.2) is 44.7 Å². The maximum Gasteiger partial charge on any atom is 0.260 e. The summed E-state index contributed by atoms with van der Waals surface area (Å²) in [5, 5.41) is 1.37. The number of thiophene rings is 1. The second-order valence-corrected chi connectivity index (χ2v) is 8.92. The maximum absolute atomic E-state index is 12.5. The molecule has 0 N–H and O–H groups in total. The third kappa shape index (κ3) is 3.96. The molecular formula is C17H19NO4S2. The number of amides is 1. The first-order valence-electron chi connectivity index (χ1n) is 7.77. The van der Waals surface area contributed by atoms with Crippen molar-refractivity contribution in [3.63, 3.8) is 0 Å². The van der Waals surface area contributed by atoms with Crippen molar-refractivity contribution in [2.45, 2.75) is 11.7 Å². The largest absolute Gasteiger partial charge is 0.484 e. The number of ether oxygens (including phenoxy) is 1. The molecule has 0 radical (unpaired) electrons. The molecule has 1 fully saturated rings. The number of nitrogens with zero attached hydrogens (tertiary/aromatic N) is 1. The normalized spacial score (nSPS) is 20.3. The van der Waals surface area contributed by atoms with Crippen molar-refractivity contribution in [3.05, 3.63) is 52.7 Å². The minimum Gasteiger partial charge on any atom is -0.484 e. The van der Waals surface area contributed by atoms with Crippen LogP contribution in [0.2, 0.25) is 0 Å². The van der Waals surface area contributed by atoms with Crippen molar-refractivity contribution in [2.75, 3.05) is 25.4 Å². The summed E-state index contributed by atoms with van der Waals surface area (Å²) in [7, 11) is -3.24. The zero-order chi connectivity index (χ0) is 17.0. The van der Waals surface area contributed by atoms with Crippen LogP contribution < -0.4 is 4.74 Å². The lowest BCUT2D eigenvalue weighted by Crippen LogP contribution is -2.37. The highest BCUT2D eigenvalue weighted by Gasteiger charge is 2.33. The second-order valence-electron chi connectivity index (χ2n) is 5.64. The summed E-state index contributed by atoms with van der Waals surface area (Å²) >= 11 is 1.45. The van der Waals surface area contributed by atoms with Gasteiger partial charge in [-0.25, -0.2) is 8.42 Å². The van der Waals surface area contributed by atoms with Gasteiger partial charge in [-0.15, -0.1) is 11.3 Å². The van der Waals surface area contributed by atoms with Gasteiger partial charge in [0.1, 0.15) is 5.75 Å². The molecule has 7 heteroatoms. The number of benzene rings is 1. The Hall–Kier alpha value is -1.86. The average molecular weight is 365 g/mol. The molecule has 5 nitrogen and oxygen atoms in total. The van der Waals surface area contributed by atoms with Gasteiger partial charge < -0.3 is 9.64 Å². The Morgan fingerprint density at radius 3 is 2.67 bits per heavy atom. The van der Waals surface area contributed by atoms with Crippen molar-refractivity contribution in [3.8, 4) is 5.75 Å². The van der Waals surface area contributed by atoms with Gasteiger partial charge in [0.05, 0.1) is 11.0 Å². The predicted octanol–water partition coefficient (Wildman–Crippen LogP) is 2.52. The van der Waals surface area contributed by atoms with Crippen LogP contribution in [0.5, 0.6) is 5.75 Å². The zero-order valence-electron chi connectivity index (χ0n) is 13.1. The van der Waals surface area contributed by atoms with E-state index in [9.17, 15) is 13.2 Å². The highest BCUT2D eigenvalue weighted by atomic mass is 32.2. The summed E-state index contributed by atoms with van der Waals surface area (Å²) in [6.45, 7) is 0.577. The van der Waals surface area contributed by atoms with Gasteiger partial charge in [0.15, 0.2) is 16.4 Å². The molecule has 2 heterocycles.